The Bertz CT molecular complexity index is 921. The van der Waals surface area contributed by atoms with Gasteiger partial charge in [-0.1, -0.05) is 29.3 Å². The minimum absolute atomic E-state index is 0.122. The van der Waals surface area contributed by atoms with Crippen LogP contribution in [-0.2, 0) is 0 Å². The summed E-state index contributed by atoms with van der Waals surface area (Å²) >= 11 is 12.0. The number of anilines is 1. The van der Waals surface area contributed by atoms with Gasteiger partial charge in [-0.15, -0.1) is 0 Å². The molecule has 6 heteroatoms. The number of halogens is 2. The molecule has 1 aromatic heterocycles. The number of aromatic nitrogens is 2. The Labute approximate surface area is 137 Å². The van der Waals surface area contributed by atoms with Gasteiger partial charge in [-0.2, -0.15) is 0 Å². The molecule has 4 nitrogen and oxygen atoms in total. The second-order valence-corrected chi connectivity index (χ2v) is 5.90. The van der Waals surface area contributed by atoms with Crippen molar-refractivity contribution in [2.24, 2.45) is 0 Å². The van der Waals surface area contributed by atoms with Crippen molar-refractivity contribution in [1.29, 1.82) is 0 Å². The predicted molar refractivity (Wildman–Crippen MR) is 90.7 cm³/mol. The molecule has 0 aliphatic heterocycles. The van der Waals surface area contributed by atoms with Crippen LogP contribution in [0.5, 0.6) is 0 Å². The van der Waals surface area contributed by atoms with Crippen molar-refractivity contribution in [3.05, 3.63) is 68.7 Å². The van der Waals surface area contributed by atoms with Gasteiger partial charge in [0.2, 0.25) is 0 Å². The molecule has 3 aromatic rings. The van der Waals surface area contributed by atoms with Crippen LogP contribution < -0.4 is 11.3 Å². The number of nitrogens with two attached hydrogens (primary N) is 1. The van der Waals surface area contributed by atoms with Crippen LogP contribution in [0.1, 0.15) is 18.5 Å². The second kappa shape index (κ2) is 5.63. The van der Waals surface area contributed by atoms with Gasteiger partial charge in [-0.25, -0.2) is 4.98 Å². The lowest BCUT2D eigenvalue weighted by Crippen LogP contribution is -2.24. The summed E-state index contributed by atoms with van der Waals surface area (Å²) in [6.07, 6.45) is 1.53. The van der Waals surface area contributed by atoms with Crippen LogP contribution in [0, 0.1) is 0 Å². The number of rotatable bonds is 2. The number of hydrogen-bond donors (Lipinski definition) is 1. The molecule has 0 spiro atoms. The molecule has 1 atom stereocenters. The maximum Gasteiger partial charge on any atom is 0.261 e. The van der Waals surface area contributed by atoms with Crippen LogP contribution in [0.4, 0.5) is 5.69 Å². The Kier molecular flexibility index (Phi) is 3.81. The molecule has 0 radical (unpaired) electrons. The minimum Gasteiger partial charge on any atom is -0.399 e. The first kappa shape index (κ1) is 14.9. The summed E-state index contributed by atoms with van der Waals surface area (Å²) in [5.41, 5.74) is 7.64. The van der Waals surface area contributed by atoms with Crippen molar-refractivity contribution >= 4 is 39.8 Å². The van der Waals surface area contributed by atoms with E-state index in [1.165, 1.54) is 6.33 Å². The summed E-state index contributed by atoms with van der Waals surface area (Å²) in [4.78, 5) is 16.9. The Hall–Kier alpha value is -2.04. The van der Waals surface area contributed by atoms with Crippen LogP contribution in [-0.4, -0.2) is 9.55 Å². The fourth-order valence-electron chi connectivity index (χ4n) is 2.36. The van der Waals surface area contributed by atoms with Gasteiger partial charge in [0.15, 0.2) is 0 Å². The molecule has 0 saturated heterocycles. The zero-order valence-electron chi connectivity index (χ0n) is 11.8. The van der Waals surface area contributed by atoms with Crippen LogP contribution in [0.25, 0.3) is 10.9 Å². The molecule has 0 aliphatic carbocycles. The molecule has 112 valence electrons. The molecule has 0 aliphatic rings. The van der Waals surface area contributed by atoms with E-state index in [1.807, 2.05) is 13.0 Å². The first-order valence-corrected chi connectivity index (χ1v) is 7.44. The van der Waals surface area contributed by atoms with Crippen molar-refractivity contribution in [3.8, 4) is 0 Å². The largest absolute Gasteiger partial charge is 0.399 e. The van der Waals surface area contributed by atoms with E-state index in [1.54, 1.807) is 34.9 Å². The molecular weight excluding hydrogens is 321 g/mol. The topological polar surface area (TPSA) is 60.9 Å². The SMILES string of the molecule is CC(c1ccc(Cl)c(Cl)c1)n1cnc2cc(N)ccc2c1=O. The normalized spacial score (nSPS) is 12.5. The first-order valence-electron chi connectivity index (χ1n) is 6.68. The first-order chi connectivity index (χ1) is 10.5. The van der Waals surface area contributed by atoms with Crippen molar-refractivity contribution < 1.29 is 0 Å². The van der Waals surface area contributed by atoms with Gasteiger partial charge in [0, 0.05) is 5.69 Å². The van der Waals surface area contributed by atoms with Crippen LogP contribution in [0.15, 0.2) is 47.5 Å². The summed E-state index contributed by atoms with van der Waals surface area (Å²) in [7, 11) is 0. The summed E-state index contributed by atoms with van der Waals surface area (Å²) in [6, 6.07) is 10.2. The molecule has 2 N–H and O–H groups in total. The zero-order valence-corrected chi connectivity index (χ0v) is 13.3. The summed E-state index contributed by atoms with van der Waals surface area (Å²) in [5, 5.41) is 1.47. The van der Waals surface area contributed by atoms with Gasteiger partial charge in [0.05, 0.1) is 33.3 Å². The van der Waals surface area contributed by atoms with E-state index in [0.717, 1.165) is 5.56 Å². The number of nitrogen functional groups attached to an aromatic ring is 1. The highest BCUT2D eigenvalue weighted by atomic mass is 35.5. The molecular formula is C16H13Cl2N3O. The molecule has 22 heavy (non-hydrogen) atoms. The Morgan fingerprint density at radius 2 is 1.91 bits per heavy atom. The van der Waals surface area contributed by atoms with Crippen molar-refractivity contribution in [1.82, 2.24) is 9.55 Å². The monoisotopic (exact) mass is 333 g/mol. The molecule has 0 amide bonds. The molecule has 0 saturated carbocycles. The lowest BCUT2D eigenvalue weighted by atomic mass is 10.1. The Balaban J connectivity index is 2.13. The summed E-state index contributed by atoms with van der Waals surface area (Å²) < 4.78 is 1.57. The fourth-order valence-corrected chi connectivity index (χ4v) is 2.67. The van der Waals surface area contributed by atoms with Gasteiger partial charge in [0.1, 0.15) is 0 Å². The van der Waals surface area contributed by atoms with Crippen molar-refractivity contribution in [3.63, 3.8) is 0 Å². The van der Waals surface area contributed by atoms with E-state index in [4.69, 9.17) is 28.9 Å². The standard InChI is InChI=1S/C16H13Cl2N3O/c1-9(10-2-5-13(17)14(18)6-10)21-8-20-15-7-11(19)3-4-12(15)16(21)22/h2-9H,19H2,1H3. The number of nitrogens with zero attached hydrogens (tertiary/aromatic N) is 2. The van der Waals surface area contributed by atoms with Crippen molar-refractivity contribution in [2.45, 2.75) is 13.0 Å². The van der Waals surface area contributed by atoms with Crippen LogP contribution in [0.3, 0.4) is 0 Å². The third-order valence-corrected chi connectivity index (χ3v) is 4.39. The molecule has 0 bridgehead atoms. The lowest BCUT2D eigenvalue weighted by Gasteiger charge is -2.16. The third-order valence-electron chi connectivity index (χ3n) is 3.65. The van der Waals surface area contributed by atoms with Gasteiger partial charge in [-0.05, 0) is 42.8 Å². The average Bonchev–Trinajstić information content (AvgIpc) is 2.49. The van der Waals surface area contributed by atoms with E-state index in [9.17, 15) is 4.79 Å². The quantitative estimate of drug-likeness (QED) is 0.723. The van der Waals surface area contributed by atoms with Gasteiger partial charge in [-0.3, -0.25) is 9.36 Å². The maximum atomic E-state index is 12.6. The summed E-state index contributed by atoms with van der Waals surface area (Å²) in [5.74, 6) is 0. The molecule has 1 heterocycles. The molecule has 1 unspecified atom stereocenters. The molecule has 3 rings (SSSR count). The highest BCUT2D eigenvalue weighted by molar-refractivity contribution is 6.42. The molecule has 0 fully saturated rings. The minimum atomic E-state index is -0.211. The fraction of sp³-hybridized carbons (Fsp3) is 0.125. The number of benzene rings is 2. The van der Waals surface area contributed by atoms with E-state index < -0.39 is 0 Å². The molecule has 2 aromatic carbocycles. The number of fused-ring (bicyclic) bond motifs is 1. The highest BCUT2D eigenvalue weighted by Gasteiger charge is 2.13. The lowest BCUT2D eigenvalue weighted by molar-refractivity contribution is 0.609. The Morgan fingerprint density at radius 3 is 2.64 bits per heavy atom. The maximum absolute atomic E-state index is 12.6. The third kappa shape index (κ3) is 2.56. The van der Waals surface area contributed by atoms with Gasteiger partial charge >= 0.3 is 0 Å². The predicted octanol–water partition coefficient (Wildman–Crippen LogP) is 3.89. The van der Waals surface area contributed by atoms with E-state index in [2.05, 4.69) is 4.98 Å². The summed E-state index contributed by atoms with van der Waals surface area (Å²) in [6.45, 7) is 1.91. The van der Waals surface area contributed by atoms with E-state index >= 15 is 0 Å². The highest BCUT2D eigenvalue weighted by Crippen LogP contribution is 2.26. The Morgan fingerprint density at radius 1 is 1.14 bits per heavy atom. The van der Waals surface area contributed by atoms with Gasteiger partial charge < -0.3 is 5.73 Å². The van der Waals surface area contributed by atoms with Crippen LogP contribution in [0.2, 0.25) is 10.0 Å². The van der Waals surface area contributed by atoms with E-state index in [-0.39, 0.29) is 11.6 Å². The zero-order chi connectivity index (χ0) is 15.9. The average molecular weight is 334 g/mol. The second-order valence-electron chi connectivity index (χ2n) is 5.08. The number of hydrogen-bond acceptors (Lipinski definition) is 3. The van der Waals surface area contributed by atoms with Crippen molar-refractivity contribution in [2.75, 3.05) is 5.73 Å². The van der Waals surface area contributed by atoms with Crippen LogP contribution >= 0.6 is 23.2 Å². The van der Waals surface area contributed by atoms with E-state index in [0.29, 0.717) is 26.6 Å². The van der Waals surface area contributed by atoms with Gasteiger partial charge in [0.25, 0.3) is 5.56 Å². The smallest absolute Gasteiger partial charge is 0.261 e.